The predicted octanol–water partition coefficient (Wildman–Crippen LogP) is -4.82. The number of ether oxygens (including phenoxy) is 1. The SMILES string of the molecule is OCC[N+](CCO)(CCO)CC1CO1.[Cl-]. The molecule has 0 aromatic rings. The minimum atomic E-state index is 0. The van der Waals surface area contributed by atoms with Crippen LogP contribution in [-0.2, 0) is 4.74 Å². The Bertz CT molecular complexity index is 149. The highest BCUT2D eigenvalue weighted by Crippen LogP contribution is 2.17. The highest BCUT2D eigenvalue weighted by molar-refractivity contribution is 4.69. The van der Waals surface area contributed by atoms with Crippen molar-refractivity contribution >= 4 is 0 Å². The largest absolute Gasteiger partial charge is 1.00 e. The van der Waals surface area contributed by atoms with Crippen molar-refractivity contribution in [3.8, 4) is 0 Å². The van der Waals surface area contributed by atoms with Crippen LogP contribution in [0.4, 0.5) is 0 Å². The van der Waals surface area contributed by atoms with Gasteiger partial charge in [-0.2, -0.15) is 0 Å². The third-order valence-corrected chi connectivity index (χ3v) is 2.72. The second-order valence-corrected chi connectivity index (χ2v) is 3.82. The van der Waals surface area contributed by atoms with Crippen LogP contribution >= 0.6 is 0 Å². The van der Waals surface area contributed by atoms with Gasteiger partial charge in [-0.05, 0) is 0 Å². The highest BCUT2D eigenvalue weighted by Gasteiger charge is 2.36. The monoisotopic (exact) mass is 241 g/mol. The third-order valence-electron chi connectivity index (χ3n) is 2.72. The average Bonchev–Trinajstić information content (AvgIpc) is 2.89. The Balaban J connectivity index is 0.00000196. The van der Waals surface area contributed by atoms with Crippen LogP contribution in [0.5, 0.6) is 0 Å². The minimum absolute atomic E-state index is 0. The first-order chi connectivity index (χ1) is 6.76. The molecule has 0 bridgehead atoms. The van der Waals surface area contributed by atoms with E-state index in [4.69, 9.17) is 20.1 Å². The maximum atomic E-state index is 8.97. The van der Waals surface area contributed by atoms with Crippen molar-refractivity contribution in [3.63, 3.8) is 0 Å². The smallest absolute Gasteiger partial charge is 0.130 e. The Morgan fingerprint density at radius 1 is 1.00 bits per heavy atom. The van der Waals surface area contributed by atoms with Crippen LogP contribution in [0.2, 0.25) is 0 Å². The molecule has 6 heteroatoms. The summed E-state index contributed by atoms with van der Waals surface area (Å²) in [7, 11) is 0. The van der Waals surface area contributed by atoms with Gasteiger partial charge in [0.25, 0.3) is 0 Å². The van der Waals surface area contributed by atoms with Gasteiger partial charge in [-0.15, -0.1) is 0 Å². The van der Waals surface area contributed by atoms with E-state index in [1.165, 1.54) is 0 Å². The maximum absolute atomic E-state index is 8.97. The molecule has 1 atom stereocenters. The molecule has 1 aliphatic heterocycles. The normalized spacial score (nSPS) is 19.8. The molecule has 92 valence electrons. The summed E-state index contributed by atoms with van der Waals surface area (Å²) >= 11 is 0. The van der Waals surface area contributed by atoms with Gasteiger partial charge < -0.3 is 36.9 Å². The average molecular weight is 242 g/mol. The first-order valence-electron chi connectivity index (χ1n) is 5.05. The molecule has 0 aromatic carbocycles. The molecule has 0 aliphatic carbocycles. The second kappa shape index (κ2) is 7.38. The molecule has 1 saturated heterocycles. The summed E-state index contributed by atoms with van der Waals surface area (Å²) in [5, 5.41) is 26.9. The van der Waals surface area contributed by atoms with Crippen molar-refractivity contribution in [2.75, 3.05) is 52.6 Å². The van der Waals surface area contributed by atoms with Crippen molar-refractivity contribution < 1.29 is 36.9 Å². The van der Waals surface area contributed by atoms with Crippen LogP contribution in [0.15, 0.2) is 0 Å². The molecule has 15 heavy (non-hydrogen) atoms. The van der Waals surface area contributed by atoms with Crippen molar-refractivity contribution in [2.45, 2.75) is 6.10 Å². The summed E-state index contributed by atoms with van der Waals surface area (Å²) in [6.07, 6.45) is 0.250. The van der Waals surface area contributed by atoms with E-state index >= 15 is 0 Å². The van der Waals surface area contributed by atoms with Crippen LogP contribution in [0.3, 0.4) is 0 Å². The molecular formula is C9H20ClNO4. The zero-order valence-electron chi connectivity index (χ0n) is 8.81. The van der Waals surface area contributed by atoms with Gasteiger partial charge in [-0.1, -0.05) is 0 Å². The highest BCUT2D eigenvalue weighted by atomic mass is 35.5. The number of epoxide rings is 1. The lowest BCUT2D eigenvalue weighted by Crippen LogP contribution is -3.00. The summed E-state index contributed by atoms with van der Waals surface area (Å²) < 4.78 is 5.69. The molecule has 0 amide bonds. The first-order valence-corrected chi connectivity index (χ1v) is 5.05. The summed E-state index contributed by atoms with van der Waals surface area (Å²) in [5.74, 6) is 0. The third kappa shape index (κ3) is 5.10. The van der Waals surface area contributed by atoms with Gasteiger partial charge in [0.15, 0.2) is 0 Å². The standard InChI is InChI=1S/C9H20NO4.ClH/c11-4-1-10(2-5-12,3-6-13)7-9-8-14-9;/h9,11-13H,1-8H2;1H/q+1;/p-1. The molecule has 5 nitrogen and oxygen atoms in total. The fourth-order valence-electron chi connectivity index (χ4n) is 1.85. The Morgan fingerprint density at radius 2 is 1.40 bits per heavy atom. The van der Waals surface area contributed by atoms with E-state index in [-0.39, 0.29) is 38.3 Å². The van der Waals surface area contributed by atoms with E-state index in [2.05, 4.69) is 0 Å². The van der Waals surface area contributed by atoms with Crippen molar-refractivity contribution in [1.82, 2.24) is 0 Å². The Kier molecular flexibility index (Phi) is 7.42. The van der Waals surface area contributed by atoms with Crippen LogP contribution in [0.25, 0.3) is 0 Å². The molecule has 1 fully saturated rings. The number of aliphatic hydroxyl groups excluding tert-OH is 3. The van der Waals surface area contributed by atoms with Crippen LogP contribution in [0.1, 0.15) is 0 Å². The molecule has 3 N–H and O–H groups in total. The van der Waals surface area contributed by atoms with Gasteiger partial charge in [0.05, 0.1) is 26.4 Å². The lowest BCUT2D eigenvalue weighted by Gasteiger charge is -2.36. The summed E-state index contributed by atoms with van der Waals surface area (Å²) in [5.41, 5.74) is 0. The van der Waals surface area contributed by atoms with Gasteiger partial charge >= 0.3 is 0 Å². The van der Waals surface area contributed by atoms with Gasteiger partial charge in [0, 0.05) is 0 Å². The van der Waals surface area contributed by atoms with Gasteiger partial charge in [0.1, 0.15) is 32.3 Å². The Morgan fingerprint density at radius 3 is 1.67 bits per heavy atom. The van der Waals surface area contributed by atoms with E-state index in [1.54, 1.807) is 0 Å². The molecule has 0 radical (unpaired) electrons. The van der Waals surface area contributed by atoms with Gasteiger partial charge in [0.2, 0.25) is 0 Å². The van der Waals surface area contributed by atoms with E-state index in [9.17, 15) is 0 Å². The number of nitrogens with zero attached hydrogens (tertiary/aromatic N) is 1. The molecule has 0 spiro atoms. The number of hydrogen-bond donors (Lipinski definition) is 3. The molecule has 1 rings (SSSR count). The van der Waals surface area contributed by atoms with E-state index in [0.717, 1.165) is 13.2 Å². The zero-order chi connectivity index (χ0) is 10.4. The van der Waals surface area contributed by atoms with E-state index in [1.807, 2.05) is 0 Å². The quantitative estimate of drug-likeness (QED) is 0.295. The van der Waals surface area contributed by atoms with Crippen LogP contribution < -0.4 is 12.4 Å². The molecule has 1 heterocycles. The Labute approximate surface area is 96.3 Å². The van der Waals surface area contributed by atoms with Gasteiger partial charge in [-0.25, -0.2) is 0 Å². The summed E-state index contributed by atoms with van der Waals surface area (Å²) in [4.78, 5) is 0. The second-order valence-electron chi connectivity index (χ2n) is 3.82. The molecule has 0 aromatic heterocycles. The van der Waals surface area contributed by atoms with Crippen molar-refractivity contribution in [2.24, 2.45) is 0 Å². The lowest BCUT2D eigenvalue weighted by molar-refractivity contribution is -0.929. The minimum Gasteiger partial charge on any atom is -1.00 e. The molecule has 1 aliphatic rings. The van der Waals surface area contributed by atoms with Gasteiger partial charge in [-0.3, -0.25) is 0 Å². The Hall–Kier alpha value is 0.0900. The number of hydrogen-bond acceptors (Lipinski definition) is 4. The molecule has 0 saturated carbocycles. The maximum Gasteiger partial charge on any atom is 0.130 e. The topological polar surface area (TPSA) is 73.2 Å². The van der Waals surface area contributed by atoms with Crippen LogP contribution in [0, 0.1) is 0 Å². The number of halogens is 1. The van der Waals surface area contributed by atoms with Crippen molar-refractivity contribution in [3.05, 3.63) is 0 Å². The fourth-order valence-corrected chi connectivity index (χ4v) is 1.85. The lowest BCUT2D eigenvalue weighted by atomic mass is 10.2. The predicted molar refractivity (Wildman–Crippen MR) is 50.7 cm³/mol. The molecular weight excluding hydrogens is 222 g/mol. The number of aliphatic hydroxyl groups is 3. The first kappa shape index (κ1) is 15.1. The number of rotatable bonds is 8. The number of quaternary nitrogens is 1. The van der Waals surface area contributed by atoms with Crippen molar-refractivity contribution in [1.29, 1.82) is 0 Å². The van der Waals surface area contributed by atoms with E-state index in [0.29, 0.717) is 24.1 Å². The summed E-state index contributed by atoms with van der Waals surface area (Å²) in [6.45, 7) is 3.49. The van der Waals surface area contributed by atoms with Crippen LogP contribution in [-0.4, -0.2) is 78.5 Å². The zero-order valence-corrected chi connectivity index (χ0v) is 9.57. The fraction of sp³-hybridized carbons (Fsp3) is 1.00. The summed E-state index contributed by atoms with van der Waals surface area (Å²) in [6, 6.07) is 0. The van der Waals surface area contributed by atoms with E-state index < -0.39 is 0 Å². The molecule has 1 unspecified atom stereocenters.